The van der Waals surface area contributed by atoms with Crippen molar-refractivity contribution in [1.29, 1.82) is 0 Å². The summed E-state index contributed by atoms with van der Waals surface area (Å²) in [6.07, 6.45) is 1.82. The molecule has 4 rings (SSSR count). The van der Waals surface area contributed by atoms with E-state index in [-0.39, 0.29) is 12.4 Å². The molecule has 0 aliphatic heterocycles. The van der Waals surface area contributed by atoms with Crippen molar-refractivity contribution in [3.05, 3.63) is 53.0 Å². The fraction of sp³-hybridized carbons (Fsp3) is 0.273. The van der Waals surface area contributed by atoms with Crippen LogP contribution in [0.3, 0.4) is 0 Å². The number of nitrogens with zero attached hydrogens (tertiary/aromatic N) is 2. The number of benzene rings is 1. The molecule has 0 radical (unpaired) electrons. The maximum absolute atomic E-state index is 13.0. The number of para-hydroxylation sites is 1. The molecule has 4 aromatic rings. The molecule has 1 aromatic carbocycles. The predicted molar refractivity (Wildman–Crippen MR) is 117 cm³/mol. The third kappa shape index (κ3) is 3.88. The summed E-state index contributed by atoms with van der Waals surface area (Å²) in [5.74, 6) is -0.211. The summed E-state index contributed by atoms with van der Waals surface area (Å²) < 4.78 is 10.9. The van der Waals surface area contributed by atoms with E-state index in [2.05, 4.69) is 20.2 Å². The van der Waals surface area contributed by atoms with Crippen LogP contribution in [0.25, 0.3) is 22.4 Å². The maximum Gasteiger partial charge on any atom is 0.340 e. The minimum absolute atomic E-state index is 0.159. The van der Waals surface area contributed by atoms with E-state index < -0.39 is 11.2 Å². The number of thioether (sulfide) groups is 1. The van der Waals surface area contributed by atoms with Crippen LogP contribution in [0.15, 0.2) is 40.1 Å². The molecule has 0 bridgehead atoms. The quantitative estimate of drug-likeness (QED) is 0.244. The predicted octanol–water partition coefficient (Wildman–Crippen LogP) is 4.70. The van der Waals surface area contributed by atoms with Crippen molar-refractivity contribution in [3.8, 4) is 11.5 Å². The van der Waals surface area contributed by atoms with Gasteiger partial charge in [0, 0.05) is 22.8 Å². The molecular formula is C22H22N4O4S. The summed E-state index contributed by atoms with van der Waals surface area (Å²) in [6, 6.07) is 7.83. The number of fused-ring (bicyclic) bond motifs is 1. The highest BCUT2D eigenvalue weighted by Crippen LogP contribution is 2.32. The molecule has 8 nitrogen and oxygen atoms in total. The lowest BCUT2D eigenvalue weighted by molar-refractivity contribution is 0.0525. The Balaban J connectivity index is 1.53. The van der Waals surface area contributed by atoms with Crippen molar-refractivity contribution >= 4 is 34.4 Å². The zero-order valence-electron chi connectivity index (χ0n) is 17.6. The number of aryl methyl sites for hydroxylation is 1. The van der Waals surface area contributed by atoms with Crippen LogP contribution in [0, 0.1) is 13.8 Å². The minimum atomic E-state index is -0.497. The smallest absolute Gasteiger partial charge is 0.340 e. The van der Waals surface area contributed by atoms with Crippen LogP contribution in [0.1, 0.15) is 46.0 Å². The van der Waals surface area contributed by atoms with Gasteiger partial charge in [0.05, 0.1) is 28.7 Å². The molecule has 160 valence electrons. The van der Waals surface area contributed by atoms with Crippen molar-refractivity contribution in [2.75, 3.05) is 6.61 Å². The molecule has 3 heterocycles. The van der Waals surface area contributed by atoms with Gasteiger partial charge in [0.2, 0.25) is 0 Å². The fourth-order valence-electron chi connectivity index (χ4n) is 3.53. The van der Waals surface area contributed by atoms with Crippen molar-refractivity contribution < 1.29 is 18.7 Å². The first kappa shape index (κ1) is 20.9. The van der Waals surface area contributed by atoms with E-state index in [1.165, 1.54) is 11.8 Å². The Labute approximate surface area is 182 Å². The number of hydrogen-bond donors (Lipinski definition) is 2. The van der Waals surface area contributed by atoms with Crippen LogP contribution < -0.4 is 0 Å². The molecule has 0 aliphatic rings. The highest BCUT2D eigenvalue weighted by atomic mass is 32.2. The van der Waals surface area contributed by atoms with Gasteiger partial charge in [0.15, 0.2) is 5.78 Å². The van der Waals surface area contributed by atoms with Gasteiger partial charge in [-0.3, -0.25) is 4.79 Å². The van der Waals surface area contributed by atoms with Gasteiger partial charge in [-0.25, -0.2) is 4.79 Å². The molecule has 0 saturated heterocycles. The van der Waals surface area contributed by atoms with Gasteiger partial charge in [-0.15, -0.1) is 10.2 Å². The number of hydrogen-bond acceptors (Lipinski definition) is 7. The van der Waals surface area contributed by atoms with Crippen LogP contribution in [0.5, 0.6) is 0 Å². The molecule has 0 spiro atoms. The molecule has 3 aromatic heterocycles. The highest BCUT2D eigenvalue weighted by Gasteiger charge is 2.27. The second-order valence-corrected chi connectivity index (χ2v) is 8.38. The largest absolute Gasteiger partial charge is 0.462 e. The molecule has 0 saturated carbocycles. The topological polar surface area (TPSA) is 114 Å². The first-order valence-corrected chi connectivity index (χ1v) is 10.8. The fourth-order valence-corrected chi connectivity index (χ4v) is 4.27. The summed E-state index contributed by atoms with van der Waals surface area (Å²) in [5, 5.41) is 9.01. The zero-order chi connectivity index (χ0) is 22.1. The lowest BCUT2D eigenvalue weighted by atomic mass is 10.1. The SMILES string of the molecule is CCOC(=O)c1c(C)[nH]c(C(=O)C(C)Sc2nnc(-c3c[nH]c4ccccc34)o2)c1C. The molecule has 31 heavy (non-hydrogen) atoms. The summed E-state index contributed by atoms with van der Waals surface area (Å²) >= 11 is 1.18. The molecule has 0 aliphatic carbocycles. The van der Waals surface area contributed by atoms with Crippen LogP contribution >= 0.6 is 11.8 Å². The average Bonchev–Trinajstić information content (AvgIpc) is 3.44. The van der Waals surface area contributed by atoms with Gasteiger partial charge < -0.3 is 19.1 Å². The lowest BCUT2D eigenvalue weighted by Crippen LogP contribution is -2.15. The molecule has 0 amide bonds. The number of H-pyrrole nitrogens is 2. The van der Waals surface area contributed by atoms with Crippen molar-refractivity contribution in [3.63, 3.8) is 0 Å². The molecule has 9 heteroatoms. The number of nitrogens with one attached hydrogen (secondary N) is 2. The van der Waals surface area contributed by atoms with E-state index in [1.807, 2.05) is 30.5 Å². The van der Waals surface area contributed by atoms with E-state index >= 15 is 0 Å². The summed E-state index contributed by atoms with van der Waals surface area (Å²) in [6.45, 7) is 7.27. The molecule has 1 atom stereocenters. The highest BCUT2D eigenvalue weighted by molar-refractivity contribution is 8.00. The van der Waals surface area contributed by atoms with Gasteiger partial charge in [0.25, 0.3) is 11.1 Å². The standard InChI is InChI=1S/C22H22N4O4S/c1-5-29-21(28)17-11(2)18(24-12(17)3)19(27)13(4)31-22-26-25-20(30-22)15-10-23-16-9-7-6-8-14(15)16/h6-10,13,23-24H,5H2,1-4H3. The first-order valence-electron chi connectivity index (χ1n) is 9.87. The second kappa shape index (κ2) is 8.43. The summed E-state index contributed by atoms with van der Waals surface area (Å²) in [5.41, 5.74) is 3.76. The number of esters is 1. The Morgan fingerprint density at radius 3 is 2.77 bits per heavy atom. The molecule has 2 N–H and O–H groups in total. The minimum Gasteiger partial charge on any atom is -0.462 e. The maximum atomic E-state index is 13.0. The third-order valence-electron chi connectivity index (χ3n) is 5.04. The van der Waals surface area contributed by atoms with Gasteiger partial charge >= 0.3 is 5.97 Å². The molecule has 0 fully saturated rings. The number of ketones is 1. The van der Waals surface area contributed by atoms with Crippen LogP contribution in [0.4, 0.5) is 0 Å². The van der Waals surface area contributed by atoms with Crippen molar-refractivity contribution in [2.45, 2.75) is 38.2 Å². The number of aromatic amines is 2. The number of carbonyl (C=O) groups excluding carboxylic acids is 2. The van der Waals surface area contributed by atoms with Crippen molar-refractivity contribution in [2.24, 2.45) is 0 Å². The van der Waals surface area contributed by atoms with Gasteiger partial charge in [-0.2, -0.15) is 0 Å². The van der Waals surface area contributed by atoms with E-state index in [4.69, 9.17) is 9.15 Å². The van der Waals surface area contributed by atoms with Gasteiger partial charge in [0.1, 0.15) is 0 Å². The molecule has 1 unspecified atom stereocenters. The zero-order valence-corrected chi connectivity index (χ0v) is 18.4. The van der Waals surface area contributed by atoms with Gasteiger partial charge in [-0.05, 0) is 39.3 Å². The van der Waals surface area contributed by atoms with E-state index in [1.54, 1.807) is 27.7 Å². The Bertz CT molecular complexity index is 1270. The molecular weight excluding hydrogens is 416 g/mol. The summed E-state index contributed by atoms with van der Waals surface area (Å²) in [7, 11) is 0. The average molecular weight is 439 g/mol. The normalized spacial score (nSPS) is 12.3. The van der Waals surface area contributed by atoms with Gasteiger partial charge in [-0.1, -0.05) is 30.0 Å². The lowest BCUT2D eigenvalue weighted by Gasteiger charge is -2.07. The van der Waals surface area contributed by atoms with E-state index in [0.717, 1.165) is 16.5 Å². The van der Waals surface area contributed by atoms with Crippen LogP contribution in [-0.4, -0.2) is 43.8 Å². The van der Waals surface area contributed by atoms with Crippen LogP contribution in [0.2, 0.25) is 0 Å². The van der Waals surface area contributed by atoms with E-state index in [9.17, 15) is 9.59 Å². The number of aromatic nitrogens is 4. The second-order valence-electron chi connectivity index (χ2n) is 7.09. The van der Waals surface area contributed by atoms with Crippen LogP contribution in [-0.2, 0) is 4.74 Å². The van der Waals surface area contributed by atoms with Crippen molar-refractivity contribution in [1.82, 2.24) is 20.2 Å². The Morgan fingerprint density at radius 1 is 1.23 bits per heavy atom. The van der Waals surface area contributed by atoms with E-state index in [0.29, 0.717) is 33.6 Å². The number of rotatable bonds is 7. The number of carbonyl (C=O) groups is 2. The Kier molecular flexibility index (Phi) is 5.69. The summed E-state index contributed by atoms with van der Waals surface area (Å²) in [4.78, 5) is 31.4. The third-order valence-corrected chi connectivity index (χ3v) is 5.97. The Morgan fingerprint density at radius 2 is 2.00 bits per heavy atom. The number of ether oxygens (including phenoxy) is 1. The monoisotopic (exact) mass is 438 g/mol. The Hall–Kier alpha value is -3.33. The first-order chi connectivity index (χ1) is 14.9. The number of Topliss-reactive ketones (excluding diaryl/α,β-unsaturated/α-hetero) is 1.